The summed E-state index contributed by atoms with van der Waals surface area (Å²) in [7, 11) is 0. The molecule has 0 aromatic heterocycles. The van der Waals surface area contributed by atoms with E-state index in [9.17, 15) is 15.3 Å². The van der Waals surface area contributed by atoms with E-state index in [2.05, 4.69) is 6.58 Å². The van der Waals surface area contributed by atoms with Crippen molar-refractivity contribution >= 4 is 0 Å². The predicted octanol–water partition coefficient (Wildman–Crippen LogP) is 2.54. The fraction of sp³-hybridized carbons (Fsp3) is 0.882. The first-order chi connectivity index (χ1) is 10.1. The van der Waals surface area contributed by atoms with Crippen LogP contribution in [0.4, 0.5) is 0 Å². The van der Waals surface area contributed by atoms with Crippen molar-refractivity contribution in [1.29, 1.82) is 0 Å². The van der Waals surface area contributed by atoms with E-state index in [0.717, 1.165) is 25.7 Å². The number of unbranched alkanes of at least 4 members (excludes halogenated alkanes) is 7. The second kappa shape index (κ2) is 14.5. The first kappa shape index (κ1) is 20.6. The maximum Gasteiger partial charge on any atom is 0.0795 e. The lowest BCUT2D eigenvalue weighted by atomic mass is 10.0. The minimum absolute atomic E-state index is 0.271. The standard InChI is InChI=1S/C17H34O4/c1-2-15(19)11-9-7-5-3-4-6-8-10-12-16(20)13-17(21)14-18/h2,15-21H,1,3-14H2/t15?,16-,17-/m1/s1. The molecule has 0 rings (SSSR count). The van der Waals surface area contributed by atoms with Gasteiger partial charge in [-0.1, -0.05) is 57.4 Å². The molecule has 0 bridgehead atoms. The van der Waals surface area contributed by atoms with E-state index in [1.54, 1.807) is 6.08 Å². The summed E-state index contributed by atoms with van der Waals surface area (Å²) in [5, 5.41) is 36.8. The Hall–Kier alpha value is -0.420. The minimum atomic E-state index is -0.792. The summed E-state index contributed by atoms with van der Waals surface area (Å²) in [6.07, 6.45) is 10.9. The van der Waals surface area contributed by atoms with Crippen LogP contribution in [0.1, 0.15) is 70.6 Å². The highest BCUT2D eigenvalue weighted by Gasteiger charge is 2.10. The molecule has 0 amide bonds. The Morgan fingerprint density at radius 1 is 0.714 bits per heavy atom. The van der Waals surface area contributed by atoms with Gasteiger partial charge in [-0.3, -0.25) is 0 Å². The summed E-state index contributed by atoms with van der Waals surface area (Å²) in [6.45, 7) is 3.28. The van der Waals surface area contributed by atoms with Gasteiger partial charge in [-0.15, -0.1) is 6.58 Å². The Bertz CT molecular complexity index is 233. The second-order valence-electron chi connectivity index (χ2n) is 5.93. The normalized spacial score (nSPS) is 15.6. The molecule has 4 nitrogen and oxygen atoms in total. The third kappa shape index (κ3) is 14.3. The average molecular weight is 302 g/mol. The zero-order valence-electron chi connectivity index (χ0n) is 13.3. The highest BCUT2D eigenvalue weighted by molar-refractivity contribution is 4.77. The molecule has 0 aromatic rings. The molecule has 0 heterocycles. The summed E-state index contributed by atoms with van der Waals surface area (Å²) < 4.78 is 0. The van der Waals surface area contributed by atoms with Gasteiger partial charge in [0.1, 0.15) is 0 Å². The zero-order chi connectivity index (χ0) is 15.9. The van der Waals surface area contributed by atoms with E-state index in [1.165, 1.54) is 32.1 Å². The summed E-state index contributed by atoms with van der Waals surface area (Å²) >= 11 is 0. The average Bonchev–Trinajstić information content (AvgIpc) is 2.48. The van der Waals surface area contributed by atoms with Crippen molar-refractivity contribution in [1.82, 2.24) is 0 Å². The lowest BCUT2D eigenvalue weighted by Crippen LogP contribution is -2.20. The molecule has 0 spiro atoms. The van der Waals surface area contributed by atoms with Crippen LogP contribution in [-0.2, 0) is 0 Å². The fourth-order valence-corrected chi connectivity index (χ4v) is 2.42. The predicted molar refractivity (Wildman–Crippen MR) is 86.1 cm³/mol. The van der Waals surface area contributed by atoms with Gasteiger partial charge in [0, 0.05) is 6.42 Å². The summed E-state index contributed by atoms with van der Waals surface area (Å²) in [6, 6.07) is 0. The number of aliphatic hydroxyl groups excluding tert-OH is 4. The van der Waals surface area contributed by atoms with E-state index in [4.69, 9.17) is 5.11 Å². The van der Waals surface area contributed by atoms with Gasteiger partial charge < -0.3 is 20.4 Å². The quantitative estimate of drug-likeness (QED) is 0.277. The largest absolute Gasteiger partial charge is 0.394 e. The first-order valence-electron chi connectivity index (χ1n) is 8.37. The number of hydrogen-bond acceptors (Lipinski definition) is 4. The molecule has 0 fully saturated rings. The smallest absolute Gasteiger partial charge is 0.0795 e. The van der Waals surface area contributed by atoms with Crippen LogP contribution < -0.4 is 0 Å². The molecule has 0 aliphatic rings. The highest BCUT2D eigenvalue weighted by Crippen LogP contribution is 2.13. The fourth-order valence-electron chi connectivity index (χ4n) is 2.42. The number of hydrogen-bond donors (Lipinski definition) is 4. The Morgan fingerprint density at radius 3 is 1.67 bits per heavy atom. The molecule has 0 saturated carbocycles. The zero-order valence-corrected chi connectivity index (χ0v) is 13.3. The van der Waals surface area contributed by atoms with Crippen molar-refractivity contribution < 1.29 is 20.4 Å². The van der Waals surface area contributed by atoms with Crippen LogP contribution in [0.2, 0.25) is 0 Å². The third-order valence-corrected chi connectivity index (χ3v) is 3.81. The van der Waals surface area contributed by atoms with Crippen LogP contribution in [0.15, 0.2) is 12.7 Å². The van der Waals surface area contributed by atoms with Crippen LogP contribution in [0.25, 0.3) is 0 Å². The molecule has 1 unspecified atom stereocenters. The van der Waals surface area contributed by atoms with Crippen molar-refractivity contribution in [2.45, 2.75) is 88.9 Å². The number of aliphatic hydroxyl groups is 4. The topological polar surface area (TPSA) is 80.9 Å². The van der Waals surface area contributed by atoms with Gasteiger partial charge in [-0.25, -0.2) is 0 Å². The molecule has 126 valence electrons. The number of rotatable bonds is 15. The van der Waals surface area contributed by atoms with Gasteiger partial charge in [0.15, 0.2) is 0 Å². The van der Waals surface area contributed by atoms with Crippen LogP contribution in [0, 0.1) is 0 Å². The molecule has 0 aliphatic heterocycles. The minimum Gasteiger partial charge on any atom is -0.394 e. The molecule has 0 radical (unpaired) electrons. The van der Waals surface area contributed by atoms with E-state index in [0.29, 0.717) is 6.42 Å². The van der Waals surface area contributed by atoms with E-state index < -0.39 is 12.2 Å². The van der Waals surface area contributed by atoms with Crippen LogP contribution in [0.5, 0.6) is 0 Å². The maximum atomic E-state index is 9.62. The van der Waals surface area contributed by atoms with Crippen LogP contribution in [0.3, 0.4) is 0 Å². The van der Waals surface area contributed by atoms with Crippen LogP contribution in [-0.4, -0.2) is 45.3 Å². The van der Waals surface area contributed by atoms with Crippen molar-refractivity contribution in [2.75, 3.05) is 6.61 Å². The molecule has 3 atom stereocenters. The molecule has 0 saturated heterocycles. The van der Waals surface area contributed by atoms with Crippen LogP contribution >= 0.6 is 0 Å². The van der Waals surface area contributed by atoms with E-state index in [1.807, 2.05) is 0 Å². The Morgan fingerprint density at radius 2 is 1.19 bits per heavy atom. The van der Waals surface area contributed by atoms with E-state index in [-0.39, 0.29) is 19.1 Å². The highest BCUT2D eigenvalue weighted by atomic mass is 16.3. The Labute approximate surface area is 129 Å². The lowest BCUT2D eigenvalue weighted by Gasteiger charge is -2.13. The maximum absolute atomic E-state index is 9.62. The third-order valence-electron chi connectivity index (χ3n) is 3.81. The summed E-state index contributed by atoms with van der Waals surface area (Å²) in [5.74, 6) is 0. The SMILES string of the molecule is C=CC(O)CCCCCCCCCC[C@@H](O)C[C@@H](O)CO. The summed E-state index contributed by atoms with van der Waals surface area (Å²) in [5.41, 5.74) is 0. The van der Waals surface area contributed by atoms with Gasteiger partial charge in [0.25, 0.3) is 0 Å². The van der Waals surface area contributed by atoms with Gasteiger partial charge in [0.05, 0.1) is 24.9 Å². The van der Waals surface area contributed by atoms with Crippen molar-refractivity contribution in [3.05, 3.63) is 12.7 Å². The van der Waals surface area contributed by atoms with Gasteiger partial charge in [-0.05, 0) is 12.8 Å². The molecule has 0 aromatic carbocycles. The molecular weight excluding hydrogens is 268 g/mol. The Balaban J connectivity index is 3.20. The second-order valence-corrected chi connectivity index (χ2v) is 5.93. The van der Waals surface area contributed by atoms with Crippen molar-refractivity contribution in [3.8, 4) is 0 Å². The Kier molecular flexibility index (Phi) is 14.2. The molecular formula is C17H34O4. The van der Waals surface area contributed by atoms with Gasteiger partial charge >= 0.3 is 0 Å². The molecule has 0 aliphatic carbocycles. The van der Waals surface area contributed by atoms with E-state index >= 15 is 0 Å². The molecule has 4 heteroatoms. The first-order valence-corrected chi connectivity index (χ1v) is 8.37. The monoisotopic (exact) mass is 302 g/mol. The van der Waals surface area contributed by atoms with Gasteiger partial charge in [-0.2, -0.15) is 0 Å². The summed E-state index contributed by atoms with van der Waals surface area (Å²) in [4.78, 5) is 0. The van der Waals surface area contributed by atoms with Gasteiger partial charge in [0.2, 0.25) is 0 Å². The molecule has 21 heavy (non-hydrogen) atoms. The van der Waals surface area contributed by atoms with Crippen molar-refractivity contribution in [2.24, 2.45) is 0 Å². The molecule has 4 N–H and O–H groups in total. The van der Waals surface area contributed by atoms with Crippen molar-refractivity contribution in [3.63, 3.8) is 0 Å². The lowest BCUT2D eigenvalue weighted by molar-refractivity contribution is 0.0380.